The Kier molecular flexibility index (Phi) is 13.4. The molecule has 0 amide bonds. The third kappa shape index (κ3) is 9.08. The summed E-state index contributed by atoms with van der Waals surface area (Å²) in [6.07, 6.45) is -2.22. The quantitative estimate of drug-likeness (QED) is 0.433. The van der Waals surface area contributed by atoms with Crippen molar-refractivity contribution in [3.05, 3.63) is 0 Å². The number of rotatable bonds is 0. The van der Waals surface area contributed by atoms with Crippen LogP contribution in [0.5, 0.6) is 0 Å². The van der Waals surface area contributed by atoms with Crippen molar-refractivity contribution in [2.45, 2.75) is 31.5 Å². The molecule has 1 atom stereocenters. The number of halogens is 5. The van der Waals surface area contributed by atoms with Gasteiger partial charge in [0.15, 0.2) is 0 Å². The van der Waals surface area contributed by atoms with Crippen molar-refractivity contribution < 1.29 is 58.7 Å². The van der Waals surface area contributed by atoms with Crippen LogP contribution in [-0.4, -0.2) is 60.3 Å². The molecule has 0 saturated carbocycles. The molecule has 1 saturated heterocycles. The van der Waals surface area contributed by atoms with Gasteiger partial charge in [0.2, 0.25) is 0 Å². The number of nitrogens with one attached hydrogen (secondary N) is 1. The van der Waals surface area contributed by atoms with Crippen LogP contribution in [0.15, 0.2) is 0 Å². The molecule has 3 nitrogen and oxygen atoms in total. The zero-order valence-electron chi connectivity index (χ0n) is 11.5. The van der Waals surface area contributed by atoms with E-state index in [1.807, 2.05) is 7.05 Å². The largest absolute Gasteiger partial charge is 1.00 e. The van der Waals surface area contributed by atoms with E-state index in [0.29, 0.717) is 13.1 Å². The number of alkyl halides is 3. The normalized spacial score (nSPS) is 24.8. The molecule has 1 heterocycles. The Balaban J connectivity index is 0. The van der Waals surface area contributed by atoms with Crippen LogP contribution in [0.25, 0.3) is 0 Å². The fraction of sp³-hybridized carbons (Fsp3) is 1.00. The van der Waals surface area contributed by atoms with Crippen molar-refractivity contribution in [2.75, 3.05) is 39.8 Å². The molecule has 1 unspecified atom stereocenters. The van der Waals surface area contributed by atoms with Crippen LogP contribution in [0.4, 0.5) is 13.2 Å². The summed E-state index contributed by atoms with van der Waals surface area (Å²) >= 11 is 1.57. The number of nitrogens with zero attached hydrogens (tertiary/aromatic N) is 2. The molecule has 0 aromatic heterocycles. The first-order valence-corrected chi connectivity index (χ1v) is 7.05. The van der Waals surface area contributed by atoms with Gasteiger partial charge in [0.1, 0.15) is 0 Å². The molecule has 0 aromatic carbocycles. The summed E-state index contributed by atoms with van der Waals surface area (Å²) in [6, 6.07) is -1.32. The van der Waals surface area contributed by atoms with Gasteiger partial charge in [0.05, 0.1) is 0 Å². The second-order valence-electron chi connectivity index (χ2n) is 4.80. The summed E-state index contributed by atoms with van der Waals surface area (Å²) in [5, 5.41) is 3.09. The minimum Gasteiger partial charge on any atom is -1.00 e. The molecule has 1 rings (SSSR count). The Hall–Kier alpha value is 0.964. The van der Waals surface area contributed by atoms with Crippen LogP contribution in [-0.2, 0) is 20.7 Å². The fourth-order valence-corrected chi connectivity index (χ4v) is 2.79. The Morgan fingerprint density at radius 2 is 1.65 bits per heavy atom. The van der Waals surface area contributed by atoms with E-state index in [1.54, 1.807) is 20.7 Å². The van der Waals surface area contributed by atoms with Crippen molar-refractivity contribution in [1.29, 1.82) is 0 Å². The Morgan fingerprint density at radius 1 is 1.05 bits per heavy atom. The first-order valence-electron chi connectivity index (χ1n) is 6.35. The monoisotopic (exact) mass is 370 g/mol. The van der Waals surface area contributed by atoms with Gasteiger partial charge in [-0.05, 0) is 0 Å². The SMILES string of the molecule is CN1CCCNCCC(C(F)(F)F)[N]([Ti+2])CCC1.[Cl-].[Cl-]. The average Bonchev–Trinajstić information content (AvgIpc) is 2.24. The van der Waals surface area contributed by atoms with Crippen molar-refractivity contribution in [2.24, 2.45) is 0 Å². The molecular weight excluding hydrogens is 350 g/mol. The molecule has 119 valence electrons. The van der Waals surface area contributed by atoms with Crippen LogP contribution in [0.3, 0.4) is 0 Å². The summed E-state index contributed by atoms with van der Waals surface area (Å²) in [5.74, 6) is 0. The molecule has 20 heavy (non-hydrogen) atoms. The van der Waals surface area contributed by atoms with Gasteiger partial charge in [-0.3, -0.25) is 0 Å². The Morgan fingerprint density at radius 3 is 2.25 bits per heavy atom. The summed E-state index contributed by atoms with van der Waals surface area (Å²) in [5.41, 5.74) is 0. The smallest absolute Gasteiger partial charge is 1.00 e. The van der Waals surface area contributed by atoms with Crippen LogP contribution in [0, 0.1) is 0 Å². The molecule has 9 heteroatoms. The minimum atomic E-state index is -4.13. The second kappa shape index (κ2) is 11.5. The van der Waals surface area contributed by atoms with Gasteiger partial charge >= 0.3 is 119 Å². The Bertz CT molecular complexity index is 247. The van der Waals surface area contributed by atoms with E-state index in [4.69, 9.17) is 0 Å². The number of hydrogen-bond donors (Lipinski definition) is 1. The topological polar surface area (TPSA) is 18.5 Å². The summed E-state index contributed by atoms with van der Waals surface area (Å²) in [6.45, 7) is 3.57. The first-order chi connectivity index (χ1) is 8.41. The molecule has 1 aliphatic rings. The van der Waals surface area contributed by atoms with Crippen molar-refractivity contribution in [3.63, 3.8) is 0 Å². The van der Waals surface area contributed by atoms with Gasteiger partial charge in [0, 0.05) is 0 Å². The van der Waals surface area contributed by atoms with Crippen LogP contribution in [0.1, 0.15) is 19.3 Å². The van der Waals surface area contributed by atoms with Crippen LogP contribution < -0.4 is 30.1 Å². The van der Waals surface area contributed by atoms with Gasteiger partial charge in [-0.1, -0.05) is 0 Å². The van der Waals surface area contributed by atoms with E-state index in [1.165, 1.54) is 3.38 Å². The predicted octanol–water partition coefficient (Wildman–Crippen LogP) is -4.61. The van der Waals surface area contributed by atoms with E-state index >= 15 is 0 Å². The predicted molar refractivity (Wildman–Crippen MR) is 60.8 cm³/mol. The van der Waals surface area contributed by atoms with E-state index in [9.17, 15) is 13.2 Å². The summed E-state index contributed by atoms with van der Waals surface area (Å²) < 4.78 is 40.2. The molecule has 0 bridgehead atoms. The maximum atomic E-state index is 12.9. The van der Waals surface area contributed by atoms with E-state index < -0.39 is 12.2 Å². The molecule has 0 radical (unpaired) electrons. The average molecular weight is 371 g/mol. The minimum absolute atomic E-state index is 0. The molecular formula is C11H21Cl2F3N3Ti. The third-order valence-electron chi connectivity index (χ3n) is 3.18. The van der Waals surface area contributed by atoms with E-state index in [0.717, 1.165) is 32.5 Å². The van der Waals surface area contributed by atoms with Crippen molar-refractivity contribution in [1.82, 2.24) is 13.6 Å². The van der Waals surface area contributed by atoms with Gasteiger partial charge < -0.3 is 24.8 Å². The molecule has 0 aromatic rings. The van der Waals surface area contributed by atoms with E-state index in [2.05, 4.69) is 10.2 Å². The molecule has 0 spiro atoms. The summed E-state index contributed by atoms with van der Waals surface area (Å²) in [7, 11) is 2.02. The molecule has 0 aliphatic carbocycles. The van der Waals surface area contributed by atoms with Gasteiger partial charge in [-0.15, -0.1) is 0 Å². The molecule has 1 N–H and O–H groups in total. The first kappa shape index (κ1) is 23.2. The van der Waals surface area contributed by atoms with Crippen LogP contribution in [0.2, 0.25) is 0 Å². The molecule has 1 fully saturated rings. The summed E-state index contributed by atoms with van der Waals surface area (Å²) in [4.78, 5) is 2.18. The third-order valence-corrected chi connectivity index (χ3v) is 4.02. The maximum Gasteiger partial charge on any atom is -1.00 e. The van der Waals surface area contributed by atoms with Crippen molar-refractivity contribution >= 4 is 0 Å². The zero-order valence-corrected chi connectivity index (χ0v) is 14.6. The zero-order chi connectivity index (χ0) is 13.6. The van der Waals surface area contributed by atoms with Crippen LogP contribution >= 0.6 is 0 Å². The van der Waals surface area contributed by atoms with Gasteiger partial charge in [-0.25, -0.2) is 0 Å². The Labute approximate surface area is 143 Å². The number of hydrogen-bond acceptors (Lipinski definition) is 3. The van der Waals surface area contributed by atoms with E-state index in [-0.39, 0.29) is 31.2 Å². The maximum absolute atomic E-state index is 12.9. The fourth-order valence-electron chi connectivity index (χ4n) is 2.11. The van der Waals surface area contributed by atoms with Gasteiger partial charge in [-0.2, -0.15) is 0 Å². The second-order valence-corrected chi connectivity index (χ2v) is 5.70. The van der Waals surface area contributed by atoms with Crippen molar-refractivity contribution in [3.8, 4) is 0 Å². The van der Waals surface area contributed by atoms with Gasteiger partial charge in [0.25, 0.3) is 0 Å². The standard InChI is InChI=1S/C11H21F3N3.2ClH.Ti/c1-17-8-2-5-15-7-4-10(11(12,13)14)16-6-3-9-17;;;/h10,15H,2-9H2,1H3;2*1H;/q-1;;;+3/p-2. The molecule has 1 aliphatic heterocycles.